The van der Waals surface area contributed by atoms with Gasteiger partial charge in [-0.3, -0.25) is 14.4 Å². The molecule has 0 bridgehead atoms. The summed E-state index contributed by atoms with van der Waals surface area (Å²) in [6.07, 6.45) is 1.63. The van der Waals surface area contributed by atoms with Crippen molar-refractivity contribution >= 4 is 57.7 Å². The van der Waals surface area contributed by atoms with Gasteiger partial charge in [-0.05, 0) is 60.5 Å². The van der Waals surface area contributed by atoms with E-state index in [1.165, 1.54) is 23.1 Å². The Bertz CT molecular complexity index is 1720. The van der Waals surface area contributed by atoms with E-state index in [1.807, 2.05) is 91.2 Å². The summed E-state index contributed by atoms with van der Waals surface area (Å²) >= 11 is 2.79. The van der Waals surface area contributed by atoms with Gasteiger partial charge in [0.1, 0.15) is 10.9 Å². The number of carbonyl (C=O) groups is 3. The zero-order chi connectivity index (χ0) is 30.0. The number of aromatic nitrogens is 1. The first-order valence-corrected chi connectivity index (χ1v) is 15.2. The summed E-state index contributed by atoms with van der Waals surface area (Å²) in [5.41, 5.74) is 3.57. The van der Waals surface area contributed by atoms with Crippen LogP contribution in [0.3, 0.4) is 0 Å². The first-order valence-electron chi connectivity index (χ1n) is 13.4. The lowest BCUT2D eigenvalue weighted by Gasteiger charge is -2.17. The van der Waals surface area contributed by atoms with Crippen LogP contribution in [-0.2, 0) is 9.59 Å². The van der Waals surface area contributed by atoms with E-state index >= 15 is 0 Å². The molecule has 0 aliphatic carbocycles. The highest BCUT2D eigenvalue weighted by Crippen LogP contribution is 2.37. The summed E-state index contributed by atoms with van der Waals surface area (Å²) in [6.45, 7) is 1.88. The highest BCUT2D eigenvalue weighted by atomic mass is 32.2. The number of nitrogens with zero attached hydrogens (tertiary/aromatic N) is 1. The number of amides is 3. The first kappa shape index (κ1) is 29.5. The molecular weight excluding hydrogens is 577 g/mol. The quantitative estimate of drug-likeness (QED) is 0.114. The van der Waals surface area contributed by atoms with Crippen LogP contribution in [0.15, 0.2) is 131 Å². The molecular formula is C34H28N4O3S2. The molecule has 1 atom stereocenters. The van der Waals surface area contributed by atoms with Gasteiger partial charge in [0.05, 0.1) is 5.69 Å². The van der Waals surface area contributed by atoms with Crippen molar-refractivity contribution in [3.05, 3.63) is 149 Å². The minimum atomic E-state index is -0.514. The van der Waals surface area contributed by atoms with Crippen molar-refractivity contribution in [3.63, 3.8) is 0 Å². The summed E-state index contributed by atoms with van der Waals surface area (Å²) in [4.78, 5) is 44.7. The van der Waals surface area contributed by atoms with Gasteiger partial charge in [0.25, 0.3) is 11.8 Å². The second kappa shape index (κ2) is 14.3. The van der Waals surface area contributed by atoms with Crippen molar-refractivity contribution in [2.24, 2.45) is 0 Å². The van der Waals surface area contributed by atoms with Crippen LogP contribution in [0, 0.1) is 6.92 Å². The molecule has 0 aliphatic rings. The van der Waals surface area contributed by atoms with E-state index in [2.05, 4.69) is 20.9 Å². The van der Waals surface area contributed by atoms with Crippen LogP contribution in [-0.4, -0.2) is 22.7 Å². The van der Waals surface area contributed by atoms with Crippen molar-refractivity contribution < 1.29 is 14.4 Å². The molecule has 3 N–H and O–H groups in total. The Morgan fingerprint density at radius 2 is 1.42 bits per heavy atom. The molecule has 214 valence electrons. The van der Waals surface area contributed by atoms with Gasteiger partial charge in [-0.15, -0.1) is 23.1 Å². The number of hydrogen-bond acceptors (Lipinski definition) is 6. The van der Waals surface area contributed by atoms with E-state index < -0.39 is 11.2 Å². The van der Waals surface area contributed by atoms with Crippen LogP contribution in [0.4, 0.5) is 10.8 Å². The molecule has 0 aliphatic heterocycles. The highest BCUT2D eigenvalue weighted by Gasteiger charge is 2.23. The second-order valence-electron chi connectivity index (χ2n) is 9.46. The number of nitrogens with one attached hydrogen (secondary N) is 3. The first-order chi connectivity index (χ1) is 20.9. The molecule has 0 fully saturated rings. The van der Waals surface area contributed by atoms with Gasteiger partial charge in [-0.1, -0.05) is 78.9 Å². The third-order valence-corrected chi connectivity index (χ3v) is 8.34. The van der Waals surface area contributed by atoms with E-state index in [1.54, 1.807) is 42.5 Å². The maximum atomic E-state index is 13.3. The van der Waals surface area contributed by atoms with E-state index in [-0.39, 0.29) is 17.5 Å². The van der Waals surface area contributed by atoms with E-state index in [4.69, 9.17) is 0 Å². The lowest BCUT2D eigenvalue weighted by atomic mass is 10.1. The molecule has 7 nitrogen and oxygen atoms in total. The van der Waals surface area contributed by atoms with Gasteiger partial charge in [0.15, 0.2) is 5.13 Å². The number of anilines is 2. The average Bonchev–Trinajstić information content (AvgIpc) is 3.45. The van der Waals surface area contributed by atoms with Crippen LogP contribution in [0.25, 0.3) is 6.08 Å². The van der Waals surface area contributed by atoms with Crippen molar-refractivity contribution in [1.29, 1.82) is 0 Å². The topological polar surface area (TPSA) is 100 Å². The van der Waals surface area contributed by atoms with Gasteiger partial charge < -0.3 is 16.0 Å². The average molecular weight is 605 g/mol. The third-order valence-electron chi connectivity index (χ3n) is 6.20. The van der Waals surface area contributed by atoms with Crippen LogP contribution in [0.5, 0.6) is 0 Å². The molecule has 5 aromatic rings. The summed E-state index contributed by atoms with van der Waals surface area (Å²) in [6, 6.07) is 34.8. The molecule has 4 aromatic carbocycles. The molecule has 1 unspecified atom stereocenters. The van der Waals surface area contributed by atoms with Gasteiger partial charge >= 0.3 is 0 Å². The molecule has 0 radical (unpaired) electrons. The normalized spacial score (nSPS) is 11.8. The van der Waals surface area contributed by atoms with Gasteiger partial charge in [0.2, 0.25) is 5.91 Å². The molecule has 1 aromatic heterocycles. The number of thiazole rings is 1. The Morgan fingerprint density at radius 1 is 0.791 bits per heavy atom. The number of aryl methyl sites for hydroxylation is 1. The molecule has 0 saturated carbocycles. The molecule has 3 amide bonds. The van der Waals surface area contributed by atoms with Crippen molar-refractivity contribution in [2.75, 3.05) is 10.6 Å². The number of benzene rings is 4. The van der Waals surface area contributed by atoms with Crippen LogP contribution < -0.4 is 16.0 Å². The van der Waals surface area contributed by atoms with Gasteiger partial charge in [-0.2, -0.15) is 0 Å². The minimum Gasteiger partial charge on any atom is -0.321 e. The number of hydrogen-bond donors (Lipinski definition) is 3. The standard InChI is InChI=1S/C34H28N4O3S2/c1-23-22-42-34(35-23)38-33(41)30(25-13-7-3-8-14-25)43-28-19-17-27(18-20-28)36-32(40)29(21-24-11-5-2-6-12-24)37-31(39)26-15-9-4-10-16-26/h2-22,30H,1H3,(H,36,40)(H,37,39)(H,35,38,41)/b29-21-. The van der Waals surface area contributed by atoms with E-state index in [0.717, 1.165) is 21.7 Å². The molecule has 1 heterocycles. The van der Waals surface area contributed by atoms with Crippen LogP contribution >= 0.6 is 23.1 Å². The second-order valence-corrected chi connectivity index (χ2v) is 11.5. The Balaban J connectivity index is 1.31. The smallest absolute Gasteiger partial charge is 0.272 e. The zero-order valence-electron chi connectivity index (χ0n) is 23.2. The maximum absolute atomic E-state index is 13.3. The molecule has 9 heteroatoms. The fourth-order valence-corrected chi connectivity index (χ4v) is 5.81. The minimum absolute atomic E-state index is 0.108. The zero-order valence-corrected chi connectivity index (χ0v) is 24.8. The predicted molar refractivity (Wildman–Crippen MR) is 174 cm³/mol. The van der Waals surface area contributed by atoms with Crippen LogP contribution in [0.2, 0.25) is 0 Å². The largest absolute Gasteiger partial charge is 0.321 e. The third kappa shape index (κ3) is 8.28. The fraction of sp³-hybridized carbons (Fsp3) is 0.0588. The number of thioether (sulfide) groups is 1. The summed E-state index contributed by atoms with van der Waals surface area (Å²) in [5, 5.41) is 10.5. The van der Waals surface area contributed by atoms with Gasteiger partial charge in [-0.25, -0.2) is 4.98 Å². The molecule has 0 saturated heterocycles. The lowest BCUT2D eigenvalue weighted by molar-refractivity contribution is -0.116. The molecule has 0 spiro atoms. The number of carbonyl (C=O) groups excluding carboxylic acids is 3. The van der Waals surface area contributed by atoms with Crippen molar-refractivity contribution in [2.45, 2.75) is 17.1 Å². The Kier molecular flexibility index (Phi) is 9.78. The SMILES string of the molecule is Cc1csc(NC(=O)C(Sc2ccc(NC(=O)/C(=C/c3ccccc3)NC(=O)c3ccccc3)cc2)c2ccccc2)n1. The summed E-state index contributed by atoms with van der Waals surface area (Å²) in [7, 11) is 0. The summed E-state index contributed by atoms with van der Waals surface area (Å²) < 4.78 is 0. The van der Waals surface area contributed by atoms with E-state index in [0.29, 0.717) is 16.4 Å². The lowest BCUT2D eigenvalue weighted by Crippen LogP contribution is -2.30. The fourth-order valence-electron chi connectivity index (χ4n) is 4.09. The molecule has 43 heavy (non-hydrogen) atoms. The van der Waals surface area contributed by atoms with E-state index in [9.17, 15) is 14.4 Å². The highest BCUT2D eigenvalue weighted by molar-refractivity contribution is 8.00. The Labute approximate surface area is 258 Å². The van der Waals surface area contributed by atoms with Gasteiger partial charge in [0, 0.05) is 21.5 Å². The predicted octanol–water partition coefficient (Wildman–Crippen LogP) is 7.33. The summed E-state index contributed by atoms with van der Waals surface area (Å²) in [5.74, 6) is -1.02. The van der Waals surface area contributed by atoms with Crippen molar-refractivity contribution in [1.82, 2.24) is 10.3 Å². The van der Waals surface area contributed by atoms with Crippen molar-refractivity contribution in [3.8, 4) is 0 Å². The Morgan fingerprint density at radius 3 is 2.05 bits per heavy atom. The Hall–Kier alpha value is -4.99. The monoisotopic (exact) mass is 604 g/mol. The maximum Gasteiger partial charge on any atom is 0.272 e. The van der Waals surface area contributed by atoms with Crippen LogP contribution in [0.1, 0.15) is 32.4 Å². The molecule has 5 rings (SSSR count). The number of rotatable bonds is 10.